The summed E-state index contributed by atoms with van der Waals surface area (Å²) in [5, 5.41) is 0.821. The Morgan fingerprint density at radius 1 is 1.46 bits per heavy atom. The fourth-order valence-corrected chi connectivity index (χ4v) is 2.92. The largest absolute Gasteiger partial charge is 0.204 e. The van der Waals surface area contributed by atoms with Gasteiger partial charge in [-0.15, -0.1) is 0 Å². The van der Waals surface area contributed by atoms with E-state index in [1.54, 1.807) is 11.8 Å². The number of rotatable bonds is 5. The third kappa shape index (κ3) is 3.83. The minimum absolute atomic E-state index is 0.534. The van der Waals surface area contributed by atoms with Crippen LogP contribution < -0.4 is 0 Å². The normalized spacial score (nSPS) is 11.1. The molecule has 1 aromatic rings. The molecule has 0 fully saturated rings. The predicted octanol–water partition coefficient (Wildman–Crippen LogP) is 3.72. The Bertz CT molecular complexity index is 248. The molecular formula is C8H13ClN2S2. The first kappa shape index (κ1) is 11.3. The van der Waals surface area contributed by atoms with Crippen LogP contribution in [0.5, 0.6) is 0 Å². The lowest BCUT2D eigenvalue weighted by Gasteiger charge is -2.08. The van der Waals surface area contributed by atoms with Crippen LogP contribution in [0, 0.1) is 5.92 Å². The molecule has 0 aromatic carbocycles. The molecule has 0 saturated carbocycles. The second-order valence-corrected chi connectivity index (χ2v) is 5.14. The molecule has 0 amide bonds. The van der Waals surface area contributed by atoms with Crippen molar-refractivity contribution < 1.29 is 0 Å². The van der Waals surface area contributed by atoms with Gasteiger partial charge in [0.15, 0.2) is 0 Å². The second-order valence-electron chi connectivity index (χ2n) is 2.82. The van der Waals surface area contributed by atoms with E-state index in [9.17, 15) is 0 Å². The maximum Gasteiger partial charge on any atom is 0.204 e. The van der Waals surface area contributed by atoms with Crippen LogP contribution >= 0.6 is 34.9 Å². The Morgan fingerprint density at radius 2 is 2.15 bits per heavy atom. The molecule has 0 bridgehead atoms. The average molecular weight is 237 g/mol. The van der Waals surface area contributed by atoms with E-state index in [0.29, 0.717) is 4.47 Å². The first-order chi connectivity index (χ1) is 6.26. The molecule has 0 atom stereocenters. The highest BCUT2D eigenvalue weighted by molar-refractivity contribution is 7.99. The van der Waals surface area contributed by atoms with Gasteiger partial charge in [0.1, 0.15) is 0 Å². The summed E-state index contributed by atoms with van der Waals surface area (Å²) in [5.74, 6) is 1.87. The lowest BCUT2D eigenvalue weighted by Crippen LogP contribution is -1.99. The van der Waals surface area contributed by atoms with Gasteiger partial charge in [-0.25, -0.2) is 0 Å². The molecule has 0 saturated heterocycles. The lowest BCUT2D eigenvalue weighted by atomic mass is 10.1. The van der Waals surface area contributed by atoms with E-state index in [0.717, 1.165) is 16.8 Å². The van der Waals surface area contributed by atoms with Crippen LogP contribution in [0.3, 0.4) is 0 Å². The van der Waals surface area contributed by atoms with Gasteiger partial charge in [-0.2, -0.15) is 9.36 Å². The summed E-state index contributed by atoms with van der Waals surface area (Å²) in [6, 6.07) is 0. The monoisotopic (exact) mass is 236 g/mol. The molecule has 0 N–H and O–H groups in total. The van der Waals surface area contributed by atoms with E-state index >= 15 is 0 Å². The number of hydrogen-bond donors (Lipinski definition) is 0. The highest BCUT2D eigenvalue weighted by Gasteiger charge is 2.07. The van der Waals surface area contributed by atoms with Gasteiger partial charge >= 0.3 is 0 Å². The zero-order valence-electron chi connectivity index (χ0n) is 7.79. The van der Waals surface area contributed by atoms with Gasteiger partial charge in [-0.05, 0) is 29.1 Å². The van der Waals surface area contributed by atoms with Gasteiger partial charge in [0, 0.05) is 5.75 Å². The number of aromatic nitrogens is 2. The van der Waals surface area contributed by atoms with Gasteiger partial charge in [0.2, 0.25) is 9.62 Å². The van der Waals surface area contributed by atoms with E-state index in [2.05, 4.69) is 23.2 Å². The van der Waals surface area contributed by atoms with Crippen LogP contribution in [0.1, 0.15) is 26.7 Å². The van der Waals surface area contributed by atoms with Crippen molar-refractivity contribution in [2.45, 2.75) is 31.8 Å². The molecule has 0 aliphatic rings. The summed E-state index contributed by atoms with van der Waals surface area (Å²) >= 11 is 8.63. The summed E-state index contributed by atoms with van der Waals surface area (Å²) < 4.78 is 4.65. The number of hydrogen-bond acceptors (Lipinski definition) is 4. The van der Waals surface area contributed by atoms with Crippen molar-refractivity contribution in [1.82, 2.24) is 9.36 Å². The Morgan fingerprint density at radius 3 is 2.62 bits per heavy atom. The van der Waals surface area contributed by atoms with Crippen LogP contribution in [0.25, 0.3) is 0 Å². The fraction of sp³-hybridized carbons (Fsp3) is 0.750. The highest BCUT2D eigenvalue weighted by atomic mass is 35.5. The van der Waals surface area contributed by atoms with Gasteiger partial charge in [-0.3, -0.25) is 0 Å². The molecule has 0 radical (unpaired) electrons. The van der Waals surface area contributed by atoms with Crippen LogP contribution in [-0.4, -0.2) is 15.1 Å². The van der Waals surface area contributed by atoms with Gasteiger partial charge < -0.3 is 0 Å². The van der Waals surface area contributed by atoms with Crippen LogP contribution in [0.15, 0.2) is 5.16 Å². The van der Waals surface area contributed by atoms with Crippen LogP contribution in [-0.2, 0) is 0 Å². The standard InChI is InChI=1S/C8H13ClN2S2/c1-3-6(4-2)5-12-8-10-7(9)13-11-8/h6H,3-5H2,1-2H3. The van der Waals surface area contributed by atoms with E-state index in [1.165, 1.54) is 24.4 Å². The molecule has 0 aliphatic carbocycles. The van der Waals surface area contributed by atoms with Crippen molar-refractivity contribution in [2.24, 2.45) is 5.92 Å². The van der Waals surface area contributed by atoms with E-state index in [1.807, 2.05) is 0 Å². The topological polar surface area (TPSA) is 25.8 Å². The van der Waals surface area contributed by atoms with Crippen molar-refractivity contribution in [3.63, 3.8) is 0 Å². The molecule has 1 rings (SSSR count). The molecule has 1 heterocycles. The van der Waals surface area contributed by atoms with Crippen molar-refractivity contribution in [2.75, 3.05) is 5.75 Å². The minimum atomic E-state index is 0.534. The summed E-state index contributed by atoms with van der Waals surface area (Å²) in [7, 11) is 0. The van der Waals surface area contributed by atoms with Crippen molar-refractivity contribution >= 4 is 34.9 Å². The van der Waals surface area contributed by atoms with E-state index in [4.69, 9.17) is 11.6 Å². The molecule has 0 spiro atoms. The van der Waals surface area contributed by atoms with Crippen molar-refractivity contribution in [3.05, 3.63) is 4.47 Å². The Kier molecular flexibility index (Phi) is 5.06. The quantitative estimate of drug-likeness (QED) is 0.729. The third-order valence-electron chi connectivity index (χ3n) is 1.99. The summed E-state index contributed by atoms with van der Waals surface area (Å²) in [6.45, 7) is 4.44. The number of thioether (sulfide) groups is 1. The zero-order valence-corrected chi connectivity index (χ0v) is 10.2. The third-order valence-corrected chi connectivity index (χ3v) is 3.98. The maximum atomic E-state index is 5.68. The Hall–Kier alpha value is 0.200. The SMILES string of the molecule is CCC(CC)CSc1nsc(Cl)n1. The smallest absolute Gasteiger partial charge is 0.198 e. The maximum absolute atomic E-state index is 5.68. The minimum Gasteiger partial charge on any atom is -0.198 e. The highest BCUT2D eigenvalue weighted by Crippen LogP contribution is 2.23. The Balaban J connectivity index is 2.33. The van der Waals surface area contributed by atoms with Crippen molar-refractivity contribution in [3.8, 4) is 0 Å². The molecule has 2 nitrogen and oxygen atoms in total. The lowest BCUT2D eigenvalue weighted by molar-refractivity contribution is 0.553. The average Bonchev–Trinajstić information content (AvgIpc) is 2.53. The second kappa shape index (κ2) is 5.83. The first-order valence-electron chi connectivity index (χ1n) is 4.38. The molecule has 0 unspecified atom stereocenters. The summed E-state index contributed by atoms with van der Waals surface area (Å²) in [4.78, 5) is 4.09. The molecule has 0 aliphatic heterocycles. The molecule has 5 heteroatoms. The van der Waals surface area contributed by atoms with Crippen LogP contribution in [0.4, 0.5) is 0 Å². The van der Waals surface area contributed by atoms with Gasteiger partial charge in [0.05, 0.1) is 0 Å². The van der Waals surface area contributed by atoms with Crippen molar-refractivity contribution in [1.29, 1.82) is 0 Å². The molecule has 74 valence electrons. The number of nitrogens with zero attached hydrogens (tertiary/aromatic N) is 2. The first-order valence-corrected chi connectivity index (χ1v) is 6.52. The summed E-state index contributed by atoms with van der Waals surface area (Å²) in [5.41, 5.74) is 0. The molecule has 13 heavy (non-hydrogen) atoms. The molecular weight excluding hydrogens is 224 g/mol. The van der Waals surface area contributed by atoms with E-state index in [-0.39, 0.29) is 0 Å². The Labute approximate surface area is 92.3 Å². The number of halogens is 1. The van der Waals surface area contributed by atoms with Crippen LogP contribution in [0.2, 0.25) is 4.47 Å². The zero-order chi connectivity index (χ0) is 9.68. The predicted molar refractivity (Wildman–Crippen MR) is 59.7 cm³/mol. The van der Waals surface area contributed by atoms with E-state index < -0.39 is 0 Å². The summed E-state index contributed by atoms with van der Waals surface area (Å²) in [6.07, 6.45) is 2.45. The van der Waals surface area contributed by atoms with Gasteiger partial charge in [-0.1, -0.05) is 38.5 Å². The van der Waals surface area contributed by atoms with Gasteiger partial charge in [0.25, 0.3) is 0 Å². The fourth-order valence-electron chi connectivity index (χ4n) is 0.968. The molecule has 1 aromatic heterocycles.